The first-order valence-electron chi connectivity index (χ1n) is 12.6. The van der Waals surface area contributed by atoms with Crippen LogP contribution in [0, 0.1) is 11.7 Å². The van der Waals surface area contributed by atoms with Crippen molar-refractivity contribution in [1.29, 1.82) is 0 Å². The third-order valence-electron chi connectivity index (χ3n) is 6.34. The molecule has 0 aliphatic carbocycles. The number of halogens is 1. The summed E-state index contributed by atoms with van der Waals surface area (Å²) < 4.78 is 65.0. The maximum absolute atomic E-state index is 16.0. The summed E-state index contributed by atoms with van der Waals surface area (Å²) in [4.78, 5) is 26.0. The van der Waals surface area contributed by atoms with Crippen molar-refractivity contribution in [1.82, 2.24) is 9.62 Å². The Morgan fingerprint density at radius 3 is 2.64 bits per heavy atom. The van der Waals surface area contributed by atoms with Gasteiger partial charge in [0.05, 0.1) is 13.2 Å². The summed E-state index contributed by atoms with van der Waals surface area (Å²) in [5, 5.41) is 0.677. The quantitative estimate of drug-likeness (QED) is 0.362. The number of amides is 2. The second-order valence-corrected chi connectivity index (χ2v) is 12.2. The van der Waals surface area contributed by atoms with Gasteiger partial charge in [-0.05, 0) is 62.6 Å². The SMILES string of the molecule is COCCOCOc1cc2ccc(CC3CCN(C(=O)OC(C)(C)C)C3)cc2c(F)c1N1CC(=O)NS1(=O)=O. The molecule has 1 N–H and O–H groups in total. The van der Waals surface area contributed by atoms with Gasteiger partial charge in [-0.3, -0.25) is 4.79 Å². The van der Waals surface area contributed by atoms with Gasteiger partial charge < -0.3 is 23.8 Å². The number of benzene rings is 2. The van der Waals surface area contributed by atoms with E-state index in [4.69, 9.17) is 18.9 Å². The van der Waals surface area contributed by atoms with Gasteiger partial charge in [-0.25, -0.2) is 18.2 Å². The molecule has 2 amide bonds. The second-order valence-electron chi connectivity index (χ2n) is 10.6. The zero-order chi connectivity index (χ0) is 28.4. The van der Waals surface area contributed by atoms with Crippen LogP contribution in [0.15, 0.2) is 24.3 Å². The standard InChI is InChI=1S/C26H34FN3O8S/c1-26(2,3)38-25(32)29-8-7-18(14-29)11-17-5-6-19-13-21(37-16-36-10-9-35-4)24(23(27)20(19)12-17)30-15-22(31)28-39(30,33)34/h5-6,12-13,18H,7-11,14-16H2,1-4H3,(H,28,31). The lowest BCUT2D eigenvalue weighted by Gasteiger charge is -2.24. The molecule has 4 rings (SSSR count). The molecule has 2 aliphatic rings. The minimum Gasteiger partial charge on any atom is -0.465 e. The Labute approximate surface area is 227 Å². The van der Waals surface area contributed by atoms with Crippen LogP contribution in [0.2, 0.25) is 0 Å². The molecule has 0 saturated carbocycles. The largest absolute Gasteiger partial charge is 0.465 e. The van der Waals surface area contributed by atoms with Crippen LogP contribution >= 0.6 is 0 Å². The number of ether oxygens (including phenoxy) is 4. The molecule has 1 atom stereocenters. The van der Waals surface area contributed by atoms with Gasteiger partial charge in [-0.1, -0.05) is 12.1 Å². The Balaban J connectivity index is 1.59. The van der Waals surface area contributed by atoms with Gasteiger partial charge in [0, 0.05) is 25.6 Å². The molecule has 0 radical (unpaired) electrons. The number of likely N-dealkylation sites (tertiary alicyclic amines) is 1. The zero-order valence-corrected chi connectivity index (χ0v) is 23.3. The van der Waals surface area contributed by atoms with Crippen LogP contribution in [0.3, 0.4) is 0 Å². The van der Waals surface area contributed by atoms with E-state index in [1.165, 1.54) is 13.2 Å². The van der Waals surface area contributed by atoms with Crippen molar-refractivity contribution in [3.63, 3.8) is 0 Å². The predicted molar refractivity (Wildman–Crippen MR) is 141 cm³/mol. The summed E-state index contributed by atoms with van der Waals surface area (Å²) in [7, 11) is -2.78. The molecule has 0 spiro atoms. The Bertz CT molecular complexity index is 1340. The van der Waals surface area contributed by atoms with Crippen molar-refractivity contribution >= 4 is 38.7 Å². The Morgan fingerprint density at radius 2 is 1.97 bits per heavy atom. The van der Waals surface area contributed by atoms with E-state index in [-0.39, 0.29) is 42.2 Å². The van der Waals surface area contributed by atoms with Crippen molar-refractivity contribution in [2.24, 2.45) is 5.92 Å². The summed E-state index contributed by atoms with van der Waals surface area (Å²) in [5.41, 5.74) is -0.117. The fraction of sp³-hybridized carbons (Fsp3) is 0.538. The number of anilines is 1. The van der Waals surface area contributed by atoms with Gasteiger partial charge in [0.15, 0.2) is 18.4 Å². The van der Waals surface area contributed by atoms with E-state index >= 15 is 4.39 Å². The Morgan fingerprint density at radius 1 is 1.21 bits per heavy atom. The molecule has 0 bridgehead atoms. The van der Waals surface area contributed by atoms with E-state index in [2.05, 4.69) is 0 Å². The highest BCUT2D eigenvalue weighted by Crippen LogP contribution is 2.40. The summed E-state index contributed by atoms with van der Waals surface area (Å²) >= 11 is 0. The maximum atomic E-state index is 16.0. The summed E-state index contributed by atoms with van der Waals surface area (Å²) in [6.45, 7) is 6.25. The number of hydrogen-bond donors (Lipinski definition) is 1. The fourth-order valence-electron chi connectivity index (χ4n) is 4.61. The molecular formula is C26H34FN3O8S. The minimum absolute atomic E-state index is 0.0750. The second kappa shape index (κ2) is 11.5. The van der Waals surface area contributed by atoms with Gasteiger partial charge in [0.25, 0.3) is 5.91 Å². The number of hydrogen-bond acceptors (Lipinski definition) is 8. The highest BCUT2D eigenvalue weighted by molar-refractivity contribution is 7.92. The molecular weight excluding hydrogens is 533 g/mol. The molecule has 2 fully saturated rings. The van der Waals surface area contributed by atoms with Crippen LogP contribution in [-0.2, 0) is 35.6 Å². The maximum Gasteiger partial charge on any atom is 0.410 e. The first kappa shape index (κ1) is 28.8. The monoisotopic (exact) mass is 567 g/mol. The normalized spacial score (nSPS) is 19.0. The lowest BCUT2D eigenvalue weighted by atomic mass is 9.96. The van der Waals surface area contributed by atoms with Gasteiger partial charge in [-0.15, -0.1) is 0 Å². The molecule has 0 aromatic heterocycles. The van der Waals surface area contributed by atoms with E-state index in [1.54, 1.807) is 17.0 Å². The summed E-state index contributed by atoms with van der Waals surface area (Å²) in [6, 6.07) is 6.79. The van der Waals surface area contributed by atoms with Crippen LogP contribution in [0.4, 0.5) is 14.9 Å². The first-order valence-corrected chi connectivity index (χ1v) is 14.1. The lowest BCUT2D eigenvalue weighted by molar-refractivity contribution is -0.117. The first-order chi connectivity index (χ1) is 18.4. The summed E-state index contributed by atoms with van der Waals surface area (Å²) in [6.07, 6.45) is 1.02. The highest BCUT2D eigenvalue weighted by atomic mass is 32.2. The number of fused-ring (bicyclic) bond motifs is 1. The number of methoxy groups -OCH3 is 1. The Kier molecular flexibility index (Phi) is 8.52. The van der Waals surface area contributed by atoms with Crippen LogP contribution in [0.25, 0.3) is 10.8 Å². The molecule has 2 aromatic carbocycles. The van der Waals surface area contributed by atoms with Crippen molar-refractivity contribution < 1.29 is 41.3 Å². The van der Waals surface area contributed by atoms with E-state index in [1.807, 2.05) is 31.6 Å². The summed E-state index contributed by atoms with van der Waals surface area (Å²) in [5.74, 6) is -1.52. The van der Waals surface area contributed by atoms with Crippen molar-refractivity contribution in [2.75, 3.05) is 51.1 Å². The topological polar surface area (TPSA) is 124 Å². The zero-order valence-electron chi connectivity index (χ0n) is 22.5. The van der Waals surface area contributed by atoms with Gasteiger partial charge >= 0.3 is 16.3 Å². The number of rotatable bonds is 9. The fourth-order valence-corrected chi connectivity index (χ4v) is 5.77. The predicted octanol–water partition coefficient (Wildman–Crippen LogP) is 2.96. The third-order valence-corrected chi connectivity index (χ3v) is 7.72. The Hall–Kier alpha value is -3.16. The van der Waals surface area contributed by atoms with E-state index in [9.17, 15) is 18.0 Å². The molecule has 1 unspecified atom stereocenters. The van der Waals surface area contributed by atoms with E-state index in [0.717, 1.165) is 12.0 Å². The number of carbonyl (C=O) groups excluding carboxylic acids is 2. The molecule has 2 saturated heterocycles. The number of nitrogens with zero attached hydrogens (tertiary/aromatic N) is 2. The molecule has 214 valence electrons. The third kappa shape index (κ3) is 6.89. The van der Waals surface area contributed by atoms with Crippen molar-refractivity contribution in [2.45, 2.75) is 39.2 Å². The highest BCUT2D eigenvalue weighted by Gasteiger charge is 2.38. The minimum atomic E-state index is -4.29. The molecule has 2 aliphatic heterocycles. The molecule has 13 heteroatoms. The average molecular weight is 568 g/mol. The molecule has 39 heavy (non-hydrogen) atoms. The van der Waals surface area contributed by atoms with E-state index < -0.39 is 34.1 Å². The smallest absolute Gasteiger partial charge is 0.410 e. The number of carbonyl (C=O) groups is 2. The van der Waals surface area contributed by atoms with Crippen LogP contribution < -0.4 is 13.8 Å². The van der Waals surface area contributed by atoms with Crippen molar-refractivity contribution in [3.8, 4) is 5.75 Å². The van der Waals surface area contributed by atoms with Gasteiger partial charge in [0.1, 0.15) is 17.8 Å². The molecule has 11 nitrogen and oxygen atoms in total. The van der Waals surface area contributed by atoms with Crippen LogP contribution in [-0.4, -0.2) is 77.7 Å². The van der Waals surface area contributed by atoms with Crippen LogP contribution in [0.5, 0.6) is 5.75 Å². The van der Waals surface area contributed by atoms with Gasteiger partial charge in [0.2, 0.25) is 0 Å². The number of nitrogens with one attached hydrogen (secondary N) is 1. The van der Waals surface area contributed by atoms with E-state index in [0.29, 0.717) is 35.8 Å². The van der Waals surface area contributed by atoms with Gasteiger partial charge in [-0.2, -0.15) is 8.42 Å². The molecule has 2 aromatic rings. The molecule has 2 heterocycles. The average Bonchev–Trinajstić information content (AvgIpc) is 3.41. The lowest BCUT2D eigenvalue weighted by Crippen LogP contribution is -2.35. The van der Waals surface area contributed by atoms with Crippen LogP contribution in [0.1, 0.15) is 32.8 Å². The van der Waals surface area contributed by atoms with Crippen molar-refractivity contribution in [3.05, 3.63) is 35.6 Å².